The monoisotopic (exact) mass is 567 g/mol. The summed E-state index contributed by atoms with van der Waals surface area (Å²) in [5, 5.41) is 2.34. The van der Waals surface area contributed by atoms with Crippen LogP contribution in [-0.2, 0) is 20.8 Å². The van der Waals surface area contributed by atoms with Crippen molar-refractivity contribution >= 4 is 23.3 Å². The first-order chi connectivity index (χ1) is 18.7. The zero-order chi connectivity index (χ0) is 29.2. The molecule has 1 fully saturated rings. The summed E-state index contributed by atoms with van der Waals surface area (Å²) in [4.78, 5) is 43.2. The zero-order valence-corrected chi connectivity index (χ0v) is 21.2. The van der Waals surface area contributed by atoms with Crippen molar-refractivity contribution in [1.82, 2.24) is 5.32 Å². The molecule has 6 nitrogen and oxygen atoms in total. The van der Waals surface area contributed by atoms with Crippen LogP contribution in [0.2, 0.25) is 0 Å². The van der Waals surface area contributed by atoms with Crippen LogP contribution in [0.1, 0.15) is 48.8 Å². The van der Waals surface area contributed by atoms with Crippen molar-refractivity contribution in [2.75, 3.05) is 0 Å². The Labute approximate surface area is 226 Å². The molecule has 40 heavy (non-hydrogen) atoms. The molecule has 1 aliphatic carbocycles. The summed E-state index contributed by atoms with van der Waals surface area (Å²) >= 11 is 0. The lowest BCUT2D eigenvalue weighted by molar-refractivity contribution is -0.149. The Morgan fingerprint density at radius 3 is 2.33 bits per heavy atom. The van der Waals surface area contributed by atoms with E-state index in [2.05, 4.69) is 10.3 Å². The van der Waals surface area contributed by atoms with Crippen molar-refractivity contribution in [3.8, 4) is 0 Å². The average molecular weight is 568 g/mol. The minimum atomic E-state index is -4.68. The lowest BCUT2D eigenvalue weighted by atomic mass is 9.72. The second-order valence-corrected chi connectivity index (χ2v) is 10.3. The van der Waals surface area contributed by atoms with Gasteiger partial charge in [-0.1, -0.05) is 42.5 Å². The molecule has 2 aromatic rings. The Bertz CT molecular complexity index is 1300. The number of Topliss-reactive ketones (excluding diaryl/α,β-unsaturated/α-hetero) is 1. The summed E-state index contributed by atoms with van der Waals surface area (Å²) in [5.41, 5.74) is 6.48. The Morgan fingerprint density at radius 1 is 1.05 bits per heavy atom. The van der Waals surface area contributed by atoms with Gasteiger partial charge in [-0.3, -0.25) is 19.4 Å². The molecule has 0 spiro atoms. The molecule has 214 valence electrons. The van der Waals surface area contributed by atoms with Gasteiger partial charge in [-0.25, -0.2) is 13.2 Å². The minimum absolute atomic E-state index is 0.0430. The Morgan fingerprint density at radius 2 is 1.73 bits per heavy atom. The van der Waals surface area contributed by atoms with Crippen LogP contribution in [-0.4, -0.2) is 41.6 Å². The van der Waals surface area contributed by atoms with Gasteiger partial charge in [0.15, 0.2) is 11.9 Å². The van der Waals surface area contributed by atoms with Gasteiger partial charge in [0.2, 0.25) is 17.7 Å². The molecule has 1 heterocycles. The molecule has 2 aromatic carbocycles. The number of aliphatic imine (C=N–C) groups is 1. The van der Waals surface area contributed by atoms with Crippen molar-refractivity contribution in [3.05, 3.63) is 71.0 Å². The van der Waals surface area contributed by atoms with E-state index in [-0.39, 0.29) is 17.7 Å². The van der Waals surface area contributed by atoms with Crippen molar-refractivity contribution < 1.29 is 40.7 Å². The largest absolute Gasteiger partial charge is 0.389 e. The fraction of sp³-hybridized carbons (Fsp3) is 0.429. The second kappa shape index (κ2) is 11.4. The molecule has 3 N–H and O–H groups in total. The van der Waals surface area contributed by atoms with Crippen molar-refractivity contribution in [2.24, 2.45) is 28.5 Å². The second-order valence-electron chi connectivity index (χ2n) is 10.3. The molecule has 0 unspecified atom stereocenters. The maximum atomic E-state index is 14.7. The van der Waals surface area contributed by atoms with E-state index in [9.17, 15) is 40.7 Å². The highest BCUT2D eigenvalue weighted by atomic mass is 19.4. The number of amides is 2. The van der Waals surface area contributed by atoms with Crippen LogP contribution in [0, 0.1) is 23.6 Å². The maximum Gasteiger partial charge on any atom is 0.389 e. The van der Waals surface area contributed by atoms with E-state index >= 15 is 0 Å². The first-order valence-corrected chi connectivity index (χ1v) is 12.7. The molecular weight excluding hydrogens is 540 g/mol. The number of halogens is 6. The highest BCUT2D eigenvalue weighted by Gasteiger charge is 2.48. The first-order valence-electron chi connectivity index (χ1n) is 12.7. The normalized spacial score (nSPS) is 20.4. The number of primary amides is 1. The van der Waals surface area contributed by atoms with Gasteiger partial charge in [0.05, 0.1) is 5.71 Å². The molecule has 0 radical (unpaired) electrons. The molecular formula is C28H27F6N3O3. The van der Waals surface area contributed by atoms with Gasteiger partial charge < -0.3 is 11.1 Å². The summed E-state index contributed by atoms with van der Waals surface area (Å²) in [6, 6.07) is 12.6. The van der Waals surface area contributed by atoms with E-state index in [4.69, 9.17) is 5.73 Å². The van der Waals surface area contributed by atoms with E-state index in [1.54, 1.807) is 36.4 Å². The molecule has 0 bridgehead atoms. The number of ketones is 1. The standard InChI is InChI=1S/C28H27F6N3O3/c29-21-8-4-7-17-19(21)12-22(38)25(36-23(17)16-5-2-1-3-6-16)37-26(40)18(9-10-28(32,33)34)20(24(35)39)11-15-13-27(30,31)14-15/h1-8,15,18,20,25H,9-14H2,(H2,35,39)(H,37,40)/t18-,20+,25-/m1/s1. The highest BCUT2D eigenvalue weighted by molar-refractivity contribution is 6.16. The number of rotatable bonds is 9. The summed E-state index contributed by atoms with van der Waals surface area (Å²) in [5.74, 6) is -10.4. The number of fused-ring (bicyclic) bond motifs is 1. The fourth-order valence-corrected chi connectivity index (χ4v) is 5.31. The third kappa shape index (κ3) is 6.89. The Kier molecular flexibility index (Phi) is 8.36. The van der Waals surface area contributed by atoms with Crippen molar-refractivity contribution in [3.63, 3.8) is 0 Å². The zero-order valence-electron chi connectivity index (χ0n) is 21.2. The van der Waals surface area contributed by atoms with Crippen LogP contribution in [0.15, 0.2) is 53.5 Å². The van der Waals surface area contributed by atoms with E-state index in [1.807, 2.05) is 0 Å². The summed E-state index contributed by atoms with van der Waals surface area (Å²) in [6.07, 6.45) is -10.5. The number of benzene rings is 2. The molecule has 3 atom stereocenters. The van der Waals surface area contributed by atoms with E-state index in [1.165, 1.54) is 12.1 Å². The number of alkyl halides is 5. The molecule has 1 saturated carbocycles. The highest BCUT2D eigenvalue weighted by Crippen LogP contribution is 2.46. The summed E-state index contributed by atoms with van der Waals surface area (Å²) in [7, 11) is 0. The molecule has 4 rings (SSSR count). The summed E-state index contributed by atoms with van der Waals surface area (Å²) < 4.78 is 80.9. The number of nitrogens with one attached hydrogen (secondary N) is 1. The van der Waals surface area contributed by atoms with Crippen molar-refractivity contribution in [1.29, 1.82) is 0 Å². The Balaban J connectivity index is 1.66. The SMILES string of the molecule is NC(=O)[C@@H](CC1CC(F)(F)C1)[C@@H](CCC(F)(F)F)C(=O)N[C@H]1N=C(c2ccccc2)c2cccc(F)c2CC1=O. The van der Waals surface area contributed by atoms with E-state index < -0.39 is 91.5 Å². The third-order valence-corrected chi connectivity index (χ3v) is 7.30. The minimum Gasteiger partial charge on any atom is -0.369 e. The number of nitrogens with two attached hydrogens (primary N) is 1. The van der Waals surface area contributed by atoms with Gasteiger partial charge >= 0.3 is 6.18 Å². The van der Waals surface area contributed by atoms with Gasteiger partial charge in [0.25, 0.3) is 0 Å². The van der Waals surface area contributed by atoms with Gasteiger partial charge in [-0.05, 0) is 24.8 Å². The van der Waals surface area contributed by atoms with E-state index in [0.29, 0.717) is 11.1 Å². The first kappa shape index (κ1) is 29.3. The van der Waals surface area contributed by atoms with Crippen LogP contribution < -0.4 is 11.1 Å². The molecule has 1 aliphatic heterocycles. The maximum absolute atomic E-state index is 14.7. The lowest BCUT2D eigenvalue weighted by Crippen LogP contribution is -2.48. The van der Waals surface area contributed by atoms with Crippen LogP contribution in [0.25, 0.3) is 0 Å². The van der Waals surface area contributed by atoms with Gasteiger partial charge in [-0.2, -0.15) is 13.2 Å². The number of hydrogen-bond acceptors (Lipinski definition) is 4. The van der Waals surface area contributed by atoms with Crippen LogP contribution in [0.5, 0.6) is 0 Å². The molecule has 12 heteroatoms. The smallest absolute Gasteiger partial charge is 0.369 e. The Hall–Kier alpha value is -3.70. The molecule has 0 aromatic heterocycles. The topological polar surface area (TPSA) is 102 Å². The molecule has 2 aliphatic rings. The fourth-order valence-electron chi connectivity index (χ4n) is 5.31. The number of carbonyl (C=O) groups excluding carboxylic acids is 3. The lowest BCUT2D eigenvalue weighted by Gasteiger charge is -2.38. The number of hydrogen-bond donors (Lipinski definition) is 2. The van der Waals surface area contributed by atoms with Crippen LogP contribution in [0.3, 0.4) is 0 Å². The molecule has 0 saturated heterocycles. The third-order valence-electron chi connectivity index (χ3n) is 7.30. The molecule has 2 amide bonds. The predicted octanol–water partition coefficient (Wildman–Crippen LogP) is 4.73. The summed E-state index contributed by atoms with van der Waals surface area (Å²) in [6.45, 7) is 0. The van der Waals surface area contributed by atoms with Gasteiger partial charge in [-0.15, -0.1) is 0 Å². The average Bonchev–Trinajstić information content (AvgIpc) is 2.99. The van der Waals surface area contributed by atoms with Crippen molar-refractivity contribution in [2.45, 2.75) is 56.8 Å². The van der Waals surface area contributed by atoms with Crippen LogP contribution in [0.4, 0.5) is 26.3 Å². The number of nitrogens with zero attached hydrogens (tertiary/aromatic N) is 1. The quantitative estimate of drug-likeness (QED) is 0.429. The predicted molar refractivity (Wildman–Crippen MR) is 133 cm³/mol. The van der Waals surface area contributed by atoms with E-state index in [0.717, 1.165) is 0 Å². The van der Waals surface area contributed by atoms with Crippen LogP contribution >= 0.6 is 0 Å². The van der Waals surface area contributed by atoms with Gasteiger partial charge in [0, 0.05) is 54.2 Å². The van der Waals surface area contributed by atoms with Gasteiger partial charge in [0.1, 0.15) is 5.82 Å². The number of carbonyl (C=O) groups is 3.